The van der Waals surface area contributed by atoms with E-state index in [1.54, 1.807) is 0 Å². The lowest BCUT2D eigenvalue weighted by molar-refractivity contribution is 0.112. The molecule has 2 heteroatoms. The molecular formula is C13H18NO+. The van der Waals surface area contributed by atoms with Gasteiger partial charge in [-0.2, -0.15) is 0 Å². The van der Waals surface area contributed by atoms with Crippen LogP contribution in [-0.2, 0) is 0 Å². The first kappa shape index (κ1) is 10.4. The number of aldehydes is 1. The van der Waals surface area contributed by atoms with Crippen molar-refractivity contribution in [2.45, 2.75) is 19.3 Å². The molecule has 1 aliphatic heterocycles. The average Bonchev–Trinajstić information content (AvgIpc) is 2.30. The fraction of sp³-hybridized carbons (Fsp3) is 0.462. The van der Waals surface area contributed by atoms with Crippen molar-refractivity contribution in [3.63, 3.8) is 0 Å². The number of hydrogen-bond donors (Lipinski definition) is 0. The van der Waals surface area contributed by atoms with Gasteiger partial charge in [0.2, 0.25) is 0 Å². The summed E-state index contributed by atoms with van der Waals surface area (Å²) in [6.07, 6.45) is 4.89. The summed E-state index contributed by atoms with van der Waals surface area (Å²) in [5.41, 5.74) is 2.10. The van der Waals surface area contributed by atoms with E-state index < -0.39 is 0 Å². The van der Waals surface area contributed by atoms with Crippen molar-refractivity contribution in [2.75, 3.05) is 20.1 Å². The molecule has 1 aromatic carbocycles. The number of hydrogen-bond acceptors (Lipinski definition) is 1. The lowest BCUT2D eigenvalue weighted by atomic mass is 10.1. The minimum atomic E-state index is 0.766. The number of likely N-dealkylation sites (tertiary alicyclic amines) is 1. The quantitative estimate of drug-likeness (QED) is 0.534. The van der Waals surface area contributed by atoms with E-state index >= 15 is 0 Å². The summed E-state index contributed by atoms with van der Waals surface area (Å²) in [5, 5.41) is 0. The van der Waals surface area contributed by atoms with Crippen molar-refractivity contribution in [1.29, 1.82) is 0 Å². The van der Waals surface area contributed by atoms with Gasteiger partial charge in [-0.25, -0.2) is 0 Å². The summed E-state index contributed by atoms with van der Waals surface area (Å²) in [5.74, 6) is 0. The van der Waals surface area contributed by atoms with Gasteiger partial charge in [-0.15, -0.1) is 0 Å². The molecular weight excluding hydrogens is 186 g/mol. The molecule has 0 aliphatic carbocycles. The zero-order valence-corrected chi connectivity index (χ0v) is 9.28. The third-order valence-corrected chi connectivity index (χ3v) is 3.46. The first-order chi connectivity index (χ1) is 7.24. The Hall–Kier alpha value is -1.15. The maximum atomic E-state index is 10.6. The van der Waals surface area contributed by atoms with E-state index in [1.807, 2.05) is 12.1 Å². The van der Waals surface area contributed by atoms with Crippen molar-refractivity contribution < 1.29 is 4.79 Å². The van der Waals surface area contributed by atoms with Crippen LogP contribution >= 0.6 is 0 Å². The molecule has 0 atom stereocenters. The van der Waals surface area contributed by atoms with Crippen LogP contribution in [0.5, 0.6) is 0 Å². The fourth-order valence-corrected chi connectivity index (χ4v) is 2.38. The highest BCUT2D eigenvalue weighted by molar-refractivity contribution is 5.75. The monoisotopic (exact) mass is 204 g/mol. The molecule has 0 spiro atoms. The van der Waals surface area contributed by atoms with Gasteiger partial charge in [-0.1, -0.05) is 0 Å². The Morgan fingerprint density at radius 2 is 1.67 bits per heavy atom. The van der Waals surface area contributed by atoms with Gasteiger partial charge in [0.15, 0.2) is 0 Å². The number of rotatable bonds is 2. The Morgan fingerprint density at radius 1 is 1.07 bits per heavy atom. The molecule has 1 heterocycles. The van der Waals surface area contributed by atoms with E-state index in [0.717, 1.165) is 16.3 Å². The molecule has 0 amide bonds. The highest BCUT2D eigenvalue weighted by atomic mass is 16.1. The normalized spacial score (nSPS) is 19.8. The van der Waals surface area contributed by atoms with Crippen LogP contribution in [-0.4, -0.2) is 26.4 Å². The molecule has 0 unspecified atom stereocenters. The van der Waals surface area contributed by atoms with Gasteiger partial charge in [0, 0.05) is 5.56 Å². The second-order valence-corrected chi connectivity index (χ2v) is 4.61. The van der Waals surface area contributed by atoms with Gasteiger partial charge in [0.25, 0.3) is 0 Å². The van der Waals surface area contributed by atoms with Crippen LogP contribution in [0.1, 0.15) is 29.6 Å². The molecule has 2 nitrogen and oxygen atoms in total. The summed E-state index contributed by atoms with van der Waals surface area (Å²) in [4.78, 5) is 10.6. The lowest BCUT2D eigenvalue weighted by Gasteiger charge is -2.37. The van der Waals surface area contributed by atoms with E-state index in [2.05, 4.69) is 19.2 Å². The van der Waals surface area contributed by atoms with Crippen molar-refractivity contribution in [2.24, 2.45) is 0 Å². The largest absolute Gasteiger partial charge is 0.298 e. The third kappa shape index (κ3) is 2.10. The molecule has 80 valence electrons. The number of carbonyl (C=O) groups is 1. The van der Waals surface area contributed by atoms with Crippen LogP contribution < -0.4 is 4.48 Å². The van der Waals surface area contributed by atoms with Crippen molar-refractivity contribution in [3.8, 4) is 0 Å². The van der Waals surface area contributed by atoms with Crippen molar-refractivity contribution in [1.82, 2.24) is 4.48 Å². The van der Waals surface area contributed by atoms with Crippen LogP contribution in [0.3, 0.4) is 0 Å². The Labute approximate surface area is 91.1 Å². The van der Waals surface area contributed by atoms with Crippen LogP contribution in [0.15, 0.2) is 24.3 Å². The average molecular weight is 204 g/mol. The molecule has 1 aromatic rings. The predicted octanol–water partition coefficient (Wildman–Crippen LogP) is 2.62. The summed E-state index contributed by atoms with van der Waals surface area (Å²) in [6.45, 7) is 2.45. The number of quaternary nitrogens is 1. The molecule has 0 bridgehead atoms. The number of carbonyl (C=O) groups excluding carboxylic acids is 1. The molecule has 1 fully saturated rings. The van der Waals surface area contributed by atoms with E-state index in [0.29, 0.717) is 0 Å². The van der Waals surface area contributed by atoms with E-state index in [4.69, 9.17) is 0 Å². The Balaban J connectivity index is 2.23. The zero-order chi connectivity index (χ0) is 10.7. The van der Waals surface area contributed by atoms with Gasteiger partial charge >= 0.3 is 0 Å². The first-order valence-corrected chi connectivity index (χ1v) is 5.65. The summed E-state index contributed by atoms with van der Waals surface area (Å²) in [6, 6.07) is 8.02. The van der Waals surface area contributed by atoms with Gasteiger partial charge in [0.05, 0.1) is 20.1 Å². The van der Waals surface area contributed by atoms with Crippen molar-refractivity contribution >= 4 is 12.0 Å². The second kappa shape index (κ2) is 4.15. The Bertz CT molecular complexity index is 336. The van der Waals surface area contributed by atoms with E-state index in [9.17, 15) is 4.79 Å². The molecule has 15 heavy (non-hydrogen) atoms. The minimum absolute atomic E-state index is 0.766. The number of piperidine rings is 1. The van der Waals surface area contributed by atoms with Crippen molar-refractivity contribution in [3.05, 3.63) is 29.8 Å². The third-order valence-electron chi connectivity index (χ3n) is 3.46. The molecule has 0 N–H and O–H groups in total. The van der Waals surface area contributed by atoms with Crippen LogP contribution in [0.4, 0.5) is 5.69 Å². The maximum Gasteiger partial charge on any atom is 0.150 e. The number of benzene rings is 1. The van der Waals surface area contributed by atoms with Gasteiger partial charge < -0.3 is 0 Å². The Kier molecular flexibility index (Phi) is 2.87. The second-order valence-electron chi connectivity index (χ2n) is 4.61. The van der Waals surface area contributed by atoms with E-state index in [1.165, 1.54) is 38.0 Å². The maximum absolute atomic E-state index is 10.6. The molecule has 2 rings (SSSR count). The zero-order valence-electron chi connectivity index (χ0n) is 9.28. The molecule has 1 aliphatic rings. The molecule has 0 radical (unpaired) electrons. The molecule has 0 aromatic heterocycles. The fourth-order valence-electron chi connectivity index (χ4n) is 2.38. The molecule has 0 saturated carbocycles. The van der Waals surface area contributed by atoms with Gasteiger partial charge in [-0.05, 0) is 43.5 Å². The van der Waals surface area contributed by atoms with Gasteiger partial charge in [0.1, 0.15) is 12.0 Å². The predicted molar refractivity (Wildman–Crippen MR) is 63.1 cm³/mol. The van der Waals surface area contributed by atoms with Crippen LogP contribution in [0.25, 0.3) is 0 Å². The smallest absolute Gasteiger partial charge is 0.150 e. The lowest BCUT2D eigenvalue weighted by Crippen LogP contribution is -2.48. The van der Waals surface area contributed by atoms with Gasteiger partial charge in [-0.3, -0.25) is 9.28 Å². The Morgan fingerprint density at radius 3 is 2.20 bits per heavy atom. The SMILES string of the molecule is C[N+]1(c2ccc(C=O)cc2)CCCCC1. The molecule has 1 saturated heterocycles. The first-order valence-electron chi connectivity index (χ1n) is 5.65. The van der Waals surface area contributed by atoms with Crippen LogP contribution in [0, 0.1) is 0 Å². The highest BCUT2D eigenvalue weighted by Gasteiger charge is 2.26. The topological polar surface area (TPSA) is 17.1 Å². The summed E-state index contributed by atoms with van der Waals surface area (Å²) < 4.78 is 1.03. The van der Waals surface area contributed by atoms with Crippen LogP contribution in [0.2, 0.25) is 0 Å². The number of nitrogens with zero attached hydrogens (tertiary/aromatic N) is 1. The highest BCUT2D eigenvalue weighted by Crippen LogP contribution is 2.26. The summed E-state index contributed by atoms with van der Waals surface area (Å²) in [7, 11) is 2.29. The summed E-state index contributed by atoms with van der Waals surface area (Å²) >= 11 is 0. The standard InChI is InChI=1S/C13H18NO/c1-14(9-3-2-4-10-14)13-7-5-12(11-15)6-8-13/h5-8,11H,2-4,9-10H2,1H3/q+1. The van der Waals surface area contributed by atoms with E-state index in [-0.39, 0.29) is 0 Å². The minimum Gasteiger partial charge on any atom is -0.298 e.